The van der Waals surface area contributed by atoms with Gasteiger partial charge in [0, 0.05) is 0 Å². The fourth-order valence-electron chi connectivity index (χ4n) is 5.13. The summed E-state index contributed by atoms with van der Waals surface area (Å²) in [6.07, 6.45) is 4.99. The first kappa shape index (κ1) is 15.6. The van der Waals surface area contributed by atoms with Gasteiger partial charge in [0.25, 0.3) is 0 Å². The number of carboxylic acid groups (broad SMARTS) is 1. The second-order valence-electron chi connectivity index (χ2n) is 8.16. The Labute approximate surface area is 133 Å². The van der Waals surface area contributed by atoms with Crippen LogP contribution in [0, 0.1) is 11.3 Å². The molecule has 1 aromatic carbocycles. The van der Waals surface area contributed by atoms with Crippen LogP contribution in [0.1, 0.15) is 76.0 Å². The van der Waals surface area contributed by atoms with Crippen molar-refractivity contribution in [1.82, 2.24) is 0 Å². The van der Waals surface area contributed by atoms with Gasteiger partial charge in [-0.15, -0.1) is 0 Å². The highest BCUT2D eigenvalue weighted by Crippen LogP contribution is 2.57. The number of aryl methyl sites for hydroxylation is 1. The Morgan fingerprint density at radius 1 is 1.27 bits per heavy atom. The van der Waals surface area contributed by atoms with Crippen molar-refractivity contribution >= 4 is 5.97 Å². The summed E-state index contributed by atoms with van der Waals surface area (Å²) >= 11 is 0. The molecular weight excluding hydrogens is 272 g/mol. The Morgan fingerprint density at radius 3 is 2.64 bits per heavy atom. The maximum Gasteiger partial charge on any atom is 0.309 e. The first-order valence-corrected chi connectivity index (χ1v) is 8.66. The number of rotatable bonds is 2. The molecule has 0 aliphatic heterocycles. The van der Waals surface area contributed by atoms with Gasteiger partial charge in [0.2, 0.25) is 0 Å². The van der Waals surface area contributed by atoms with Crippen LogP contribution in [0.4, 0.5) is 0 Å². The molecule has 0 saturated heterocycles. The van der Waals surface area contributed by atoms with Crippen molar-refractivity contribution in [2.45, 2.75) is 71.1 Å². The lowest BCUT2D eigenvalue weighted by molar-refractivity contribution is -0.157. The van der Waals surface area contributed by atoms with E-state index in [0.717, 1.165) is 32.1 Å². The van der Waals surface area contributed by atoms with E-state index < -0.39 is 11.4 Å². The van der Waals surface area contributed by atoms with E-state index in [2.05, 4.69) is 39.0 Å². The minimum absolute atomic E-state index is 0.0223. The molecule has 1 N–H and O–H groups in total. The van der Waals surface area contributed by atoms with Gasteiger partial charge in [-0.1, -0.05) is 45.4 Å². The molecule has 0 bridgehead atoms. The van der Waals surface area contributed by atoms with E-state index in [0.29, 0.717) is 5.92 Å². The Kier molecular flexibility index (Phi) is 3.62. The zero-order valence-electron chi connectivity index (χ0n) is 14.3. The number of benzene rings is 1. The predicted molar refractivity (Wildman–Crippen MR) is 89.3 cm³/mol. The summed E-state index contributed by atoms with van der Waals surface area (Å²) in [5, 5.41) is 9.82. The highest BCUT2D eigenvalue weighted by Gasteiger charge is 2.55. The van der Waals surface area contributed by atoms with E-state index in [9.17, 15) is 9.90 Å². The molecule has 1 saturated carbocycles. The monoisotopic (exact) mass is 300 g/mol. The van der Waals surface area contributed by atoms with Gasteiger partial charge in [0.15, 0.2) is 0 Å². The molecule has 0 amide bonds. The zero-order chi connectivity index (χ0) is 16.1. The Hall–Kier alpha value is -1.31. The maximum absolute atomic E-state index is 11.9. The molecule has 2 aliphatic rings. The Balaban J connectivity index is 2.08. The molecule has 3 rings (SSSR count). The van der Waals surface area contributed by atoms with Crippen LogP contribution in [-0.2, 0) is 16.6 Å². The lowest BCUT2D eigenvalue weighted by Gasteiger charge is -2.53. The first-order chi connectivity index (χ1) is 10.3. The largest absolute Gasteiger partial charge is 0.481 e. The second-order valence-corrected chi connectivity index (χ2v) is 8.16. The van der Waals surface area contributed by atoms with Gasteiger partial charge in [-0.25, -0.2) is 0 Å². The SMILES string of the molecule is CC(C)c1ccc2c(c1)CC[C@H]1C(C)(C(=O)O)CCC[C@]21C. The first-order valence-electron chi connectivity index (χ1n) is 8.66. The molecule has 120 valence electrons. The third-order valence-electron chi connectivity index (χ3n) is 6.53. The highest BCUT2D eigenvalue weighted by atomic mass is 16.4. The molecule has 22 heavy (non-hydrogen) atoms. The molecule has 2 aliphatic carbocycles. The molecular formula is C20H28O2. The molecule has 2 nitrogen and oxygen atoms in total. The van der Waals surface area contributed by atoms with Crippen LogP contribution in [-0.4, -0.2) is 11.1 Å². The lowest BCUT2D eigenvalue weighted by atomic mass is 9.50. The van der Waals surface area contributed by atoms with Crippen LogP contribution in [0.2, 0.25) is 0 Å². The average molecular weight is 300 g/mol. The summed E-state index contributed by atoms with van der Waals surface area (Å²) in [5.41, 5.74) is 3.73. The topological polar surface area (TPSA) is 37.3 Å². The van der Waals surface area contributed by atoms with E-state index >= 15 is 0 Å². The van der Waals surface area contributed by atoms with E-state index in [4.69, 9.17) is 0 Å². The lowest BCUT2D eigenvalue weighted by Crippen LogP contribution is -2.52. The molecule has 3 atom stereocenters. The number of aliphatic carboxylic acids is 1. The summed E-state index contributed by atoms with van der Waals surface area (Å²) in [4.78, 5) is 11.9. The van der Waals surface area contributed by atoms with E-state index in [-0.39, 0.29) is 11.3 Å². The summed E-state index contributed by atoms with van der Waals surface area (Å²) < 4.78 is 0. The number of carbonyl (C=O) groups is 1. The van der Waals surface area contributed by atoms with Crippen LogP contribution < -0.4 is 0 Å². The van der Waals surface area contributed by atoms with Crippen LogP contribution in [0.15, 0.2) is 18.2 Å². The number of hydrogen-bond donors (Lipinski definition) is 1. The van der Waals surface area contributed by atoms with Gasteiger partial charge in [0.05, 0.1) is 5.41 Å². The van der Waals surface area contributed by atoms with Gasteiger partial charge in [0.1, 0.15) is 0 Å². The summed E-state index contributed by atoms with van der Waals surface area (Å²) in [7, 11) is 0. The Morgan fingerprint density at radius 2 is 2.00 bits per heavy atom. The van der Waals surface area contributed by atoms with Crippen molar-refractivity contribution in [2.24, 2.45) is 11.3 Å². The van der Waals surface area contributed by atoms with Crippen LogP contribution in [0.5, 0.6) is 0 Å². The summed E-state index contributed by atoms with van der Waals surface area (Å²) in [5.74, 6) is 0.195. The molecule has 1 unspecified atom stereocenters. The van der Waals surface area contributed by atoms with Crippen molar-refractivity contribution in [3.63, 3.8) is 0 Å². The van der Waals surface area contributed by atoms with Crippen molar-refractivity contribution in [3.05, 3.63) is 34.9 Å². The number of hydrogen-bond acceptors (Lipinski definition) is 1. The quantitative estimate of drug-likeness (QED) is 0.843. The number of carboxylic acids is 1. The average Bonchev–Trinajstić information content (AvgIpc) is 2.46. The minimum Gasteiger partial charge on any atom is -0.481 e. The predicted octanol–water partition coefficient (Wildman–Crippen LogP) is 4.90. The normalized spacial score (nSPS) is 34.1. The second kappa shape index (κ2) is 5.11. The van der Waals surface area contributed by atoms with Crippen molar-refractivity contribution in [3.8, 4) is 0 Å². The van der Waals surface area contributed by atoms with Crippen LogP contribution in [0.25, 0.3) is 0 Å². The molecule has 0 spiro atoms. The van der Waals surface area contributed by atoms with Gasteiger partial charge < -0.3 is 5.11 Å². The molecule has 0 aromatic heterocycles. The highest BCUT2D eigenvalue weighted by molar-refractivity contribution is 5.75. The summed E-state index contributed by atoms with van der Waals surface area (Å²) in [6, 6.07) is 6.92. The molecule has 1 aromatic rings. The Bertz CT molecular complexity index is 604. The smallest absolute Gasteiger partial charge is 0.309 e. The molecule has 1 fully saturated rings. The maximum atomic E-state index is 11.9. The van der Waals surface area contributed by atoms with Crippen molar-refractivity contribution in [1.29, 1.82) is 0 Å². The number of fused-ring (bicyclic) bond motifs is 3. The van der Waals surface area contributed by atoms with Crippen molar-refractivity contribution < 1.29 is 9.90 Å². The molecule has 0 heterocycles. The van der Waals surface area contributed by atoms with Gasteiger partial charge >= 0.3 is 5.97 Å². The zero-order valence-corrected chi connectivity index (χ0v) is 14.3. The third-order valence-corrected chi connectivity index (χ3v) is 6.53. The third kappa shape index (κ3) is 2.11. The van der Waals surface area contributed by atoms with Gasteiger partial charge in [-0.05, 0) is 66.5 Å². The van der Waals surface area contributed by atoms with E-state index in [1.807, 2.05) is 6.92 Å². The van der Waals surface area contributed by atoms with E-state index in [1.165, 1.54) is 16.7 Å². The standard InChI is InChI=1S/C20H28O2/c1-13(2)14-6-8-16-15(12-14)7-9-17-19(16,3)10-5-11-20(17,4)18(21)22/h6,8,12-13,17H,5,7,9-11H2,1-4H3,(H,21,22)/t17-,19-,20?/m1/s1. The van der Waals surface area contributed by atoms with Crippen molar-refractivity contribution in [2.75, 3.05) is 0 Å². The van der Waals surface area contributed by atoms with Crippen LogP contribution >= 0.6 is 0 Å². The van der Waals surface area contributed by atoms with Crippen LogP contribution in [0.3, 0.4) is 0 Å². The van der Waals surface area contributed by atoms with Gasteiger partial charge in [-0.3, -0.25) is 4.79 Å². The molecule has 0 radical (unpaired) electrons. The summed E-state index contributed by atoms with van der Waals surface area (Å²) in [6.45, 7) is 8.75. The fraction of sp³-hybridized carbons (Fsp3) is 0.650. The van der Waals surface area contributed by atoms with Gasteiger partial charge in [-0.2, -0.15) is 0 Å². The minimum atomic E-state index is -0.606. The molecule has 2 heteroatoms. The fourth-order valence-corrected chi connectivity index (χ4v) is 5.13. The van der Waals surface area contributed by atoms with E-state index in [1.54, 1.807) is 0 Å².